The van der Waals surface area contributed by atoms with E-state index in [0.717, 1.165) is 53.9 Å². The van der Waals surface area contributed by atoms with Crippen LogP contribution in [0.5, 0.6) is 5.75 Å². The van der Waals surface area contributed by atoms with E-state index >= 15 is 0 Å². The van der Waals surface area contributed by atoms with Crippen LogP contribution < -0.4 is 15.4 Å². The third-order valence-corrected chi connectivity index (χ3v) is 7.79. The second-order valence-electron chi connectivity index (χ2n) is 10.4. The van der Waals surface area contributed by atoms with Crippen LogP contribution in [0.25, 0.3) is 0 Å². The minimum Gasteiger partial charge on any atom is -0.489 e. The normalized spacial score (nSPS) is 27.2. The van der Waals surface area contributed by atoms with Gasteiger partial charge >= 0.3 is 0 Å². The van der Waals surface area contributed by atoms with Gasteiger partial charge in [-0.1, -0.05) is 42.5 Å². The van der Waals surface area contributed by atoms with Crippen LogP contribution in [-0.2, 0) is 22.7 Å². The van der Waals surface area contributed by atoms with Crippen LogP contribution in [-0.4, -0.2) is 18.4 Å². The van der Waals surface area contributed by atoms with E-state index in [9.17, 15) is 9.59 Å². The molecule has 0 aliphatic heterocycles. The van der Waals surface area contributed by atoms with Gasteiger partial charge in [0, 0.05) is 24.9 Å². The standard InChI is InChI=1S/C28H34N2O3/c31-26(9-10-29-27(32)28-15-22-11-23(16-28)13-24(12-22)17-28)30-18-21-7-4-8-25(14-21)33-19-20-5-2-1-3-6-20/h1-8,14,22-24H,9-13,15-19H2,(H,29,32)(H,30,31). The average Bonchev–Trinajstić information content (AvgIpc) is 2.81. The van der Waals surface area contributed by atoms with Gasteiger partial charge in [0.15, 0.2) is 0 Å². The van der Waals surface area contributed by atoms with Gasteiger partial charge in [-0.3, -0.25) is 9.59 Å². The molecule has 2 N–H and O–H groups in total. The highest BCUT2D eigenvalue weighted by molar-refractivity contribution is 5.84. The van der Waals surface area contributed by atoms with Crippen molar-refractivity contribution in [2.24, 2.45) is 23.2 Å². The highest BCUT2D eigenvalue weighted by Gasteiger charge is 2.54. The second-order valence-corrected chi connectivity index (χ2v) is 10.4. The Morgan fingerprint density at radius 2 is 1.52 bits per heavy atom. The maximum absolute atomic E-state index is 13.0. The van der Waals surface area contributed by atoms with E-state index in [1.807, 2.05) is 54.6 Å². The van der Waals surface area contributed by atoms with E-state index in [4.69, 9.17) is 4.74 Å². The number of carbonyl (C=O) groups excluding carboxylic acids is 2. The van der Waals surface area contributed by atoms with Crippen LogP contribution in [0, 0.1) is 23.2 Å². The van der Waals surface area contributed by atoms with E-state index in [1.54, 1.807) is 0 Å². The van der Waals surface area contributed by atoms with Gasteiger partial charge in [-0.15, -0.1) is 0 Å². The fourth-order valence-electron chi connectivity index (χ4n) is 6.64. The molecule has 2 aromatic rings. The molecule has 2 aromatic carbocycles. The Morgan fingerprint density at radius 1 is 0.848 bits per heavy atom. The zero-order chi connectivity index (χ0) is 22.7. The van der Waals surface area contributed by atoms with Crippen LogP contribution in [0.3, 0.4) is 0 Å². The summed E-state index contributed by atoms with van der Waals surface area (Å²) in [6.07, 6.45) is 7.45. The van der Waals surface area contributed by atoms with Crippen molar-refractivity contribution in [2.75, 3.05) is 6.54 Å². The lowest BCUT2D eigenvalue weighted by Gasteiger charge is -2.55. The number of benzene rings is 2. The summed E-state index contributed by atoms with van der Waals surface area (Å²) in [5.74, 6) is 3.18. The van der Waals surface area contributed by atoms with Gasteiger partial charge in [-0.05, 0) is 79.5 Å². The van der Waals surface area contributed by atoms with Crippen molar-refractivity contribution < 1.29 is 14.3 Å². The topological polar surface area (TPSA) is 67.4 Å². The molecular formula is C28H34N2O3. The summed E-state index contributed by atoms with van der Waals surface area (Å²) in [7, 11) is 0. The Labute approximate surface area is 196 Å². The molecule has 0 atom stereocenters. The van der Waals surface area contributed by atoms with Gasteiger partial charge < -0.3 is 15.4 Å². The molecule has 0 spiro atoms. The molecule has 174 valence electrons. The fourth-order valence-corrected chi connectivity index (χ4v) is 6.64. The molecule has 0 heterocycles. The maximum atomic E-state index is 13.0. The average molecular weight is 447 g/mol. The van der Waals surface area contributed by atoms with Crippen molar-refractivity contribution in [2.45, 2.75) is 58.1 Å². The molecule has 6 rings (SSSR count). The van der Waals surface area contributed by atoms with Gasteiger partial charge in [0.1, 0.15) is 12.4 Å². The first-order chi connectivity index (χ1) is 16.1. The van der Waals surface area contributed by atoms with Crippen LogP contribution in [0.2, 0.25) is 0 Å². The van der Waals surface area contributed by atoms with Crippen molar-refractivity contribution in [3.05, 3.63) is 65.7 Å². The number of ether oxygens (including phenoxy) is 1. The van der Waals surface area contributed by atoms with Gasteiger partial charge in [0.25, 0.3) is 0 Å². The molecule has 0 aromatic heterocycles. The number of hydrogen-bond acceptors (Lipinski definition) is 3. The minimum absolute atomic E-state index is 0.0450. The zero-order valence-corrected chi connectivity index (χ0v) is 19.2. The van der Waals surface area contributed by atoms with Crippen molar-refractivity contribution in [3.63, 3.8) is 0 Å². The predicted octanol–water partition coefficient (Wildman–Crippen LogP) is 4.60. The molecule has 4 bridgehead atoms. The van der Waals surface area contributed by atoms with Crippen molar-refractivity contribution in [1.29, 1.82) is 0 Å². The first-order valence-electron chi connectivity index (χ1n) is 12.4. The number of carbonyl (C=O) groups is 2. The molecular weight excluding hydrogens is 412 g/mol. The molecule has 4 aliphatic rings. The summed E-state index contributed by atoms with van der Waals surface area (Å²) in [6.45, 7) is 1.37. The zero-order valence-electron chi connectivity index (χ0n) is 19.2. The lowest BCUT2D eigenvalue weighted by Crippen LogP contribution is -2.53. The summed E-state index contributed by atoms with van der Waals surface area (Å²) in [5.41, 5.74) is 1.96. The molecule has 0 saturated heterocycles. The molecule has 33 heavy (non-hydrogen) atoms. The summed E-state index contributed by atoms with van der Waals surface area (Å²) in [6, 6.07) is 17.8. The smallest absolute Gasteiger partial charge is 0.226 e. The van der Waals surface area contributed by atoms with E-state index in [1.165, 1.54) is 19.3 Å². The van der Waals surface area contributed by atoms with E-state index in [2.05, 4.69) is 10.6 Å². The highest BCUT2D eigenvalue weighted by Crippen LogP contribution is 2.60. The van der Waals surface area contributed by atoms with Gasteiger partial charge in [-0.2, -0.15) is 0 Å². The highest BCUT2D eigenvalue weighted by atomic mass is 16.5. The van der Waals surface area contributed by atoms with E-state index < -0.39 is 0 Å². The Hall–Kier alpha value is -2.82. The van der Waals surface area contributed by atoms with Crippen molar-refractivity contribution >= 4 is 11.8 Å². The fraction of sp³-hybridized carbons (Fsp3) is 0.500. The largest absolute Gasteiger partial charge is 0.489 e. The first kappa shape index (κ1) is 22.0. The number of rotatable bonds is 9. The Balaban J connectivity index is 1.04. The molecule has 4 saturated carbocycles. The van der Waals surface area contributed by atoms with Crippen LogP contribution >= 0.6 is 0 Å². The van der Waals surface area contributed by atoms with Crippen LogP contribution in [0.4, 0.5) is 0 Å². The summed E-state index contributed by atoms with van der Waals surface area (Å²) < 4.78 is 5.87. The summed E-state index contributed by atoms with van der Waals surface area (Å²) in [5, 5.41) is 6.05. The van der Waals surface area contributed by atoms with Crippen LogP contribution in [0.15, 0.2) is 54.6 Å². The predicted molar refractivity (Wildman–Crippen MR) is 127 cm³/mol. The molecule has 5 heteroatoms. The Bertz CT molecular complexity index is 952. The molecule has 4 fully saturated rings. The quantitative estimate of drug-likeness (QED) is 0.591. The van der Waals surface area contributed by atoms with Crippen LogP contribution in [0.1, 0.15) is 56.1 Å². The molecule has 2 amide bonds. The van der Waals surface area contributed by atoms with E-state index in [0.29, 0.717) is 26.1 Å². The van der Waals surface area contributed by atoms with E-state index in [-0.39, 0.29) is 17.2 Å². The Morgan fingerprint density at radius 3 is 2.21 bits per heavy atom. The summed E-state index contributed by atoms with van der Waals surface area (Å²) in [4.78, 5) is 25.4. The monoisotopic (exact) mass is 446 g/mol. The van der Waals surface area contributed by atoms with Crippen molar-refractivity contribution in [3.8, 4) is 5.75 Å². The van der Waals surface area contributed by atoms with Gasteiger partial charge in [-0.25, -0.2) is 0 Å². The summed E-state index contributed by atoms with van der Waals surface area (Å²) >= 11 is 0. The third-order valence-electron chi connectivity index (χ3n) is 7.79. The lowest BCUT2D eigenvalue weighted by atomic mass is 9.49. The molecule has 0 radical (unpaired) electrons. The maximum Gasteiger partial charge on any atom is 0.226 e. The first-order valence-corrected chi connectivity index (χ1v) is 12.4. The number of nitrogens with one attached hydrogen (secondary N) is 2. The molecule has 5 nitrogen and oxygen atoms in total. The minimum atomic E-state index is -0.147. The van der Waals surface area contributed by atoms with Crippen molar-refractivity contribution in [1.82, 2.24) is 10.6 Å². The SMILES string of the molecule is O=C(CCNC(=O)C12CC3CC(CC(C3)C1)C2)NCc1cccc(OCc2ccccc2)c1. The lowest BCUT2D eigenvalue weighted by molar-refractivity contribution is -0.146. The molecule has 4 aliphatic carbocycles. The second kappa shape index (κ2) is 9.58. The number of hydrogen-bond donors (Lipinski definition) is 2. The van der Waals surface area contributed by atoms with Gasteiger partial charge in [0.05, 0.1) is 0 Å². The Kier molecular flexibility index (Phi) is 6.39. The molecule has 0 unspecified atom stereocenters. The third kappa shape index (κ3) is 5.23. The number of amides is 2. The van der Waals surface area contributed by atoms with Gasteiger partial charge in [0.2, 0.25) is 11.8 Å².